The van der Waals surface area contributed by atoms with Crippen molar-refractivity contribution >= 4 is 23.4 Å². The van der Waals surface area contributed by atoms with Gasteiger partial charge in [0.2, 0.25) is 0 Å². The van der Waals surface area contributed by atoms with E-state index in [0.717, 1.165) is 16.7 Å². The van der Waals surface area contributed by atoms with E-state index in [2.05, 4.69) is 20.6 Å². The second-order valence-corrected chi connectivity index (χ2v) is 7.72. The Morgan fingerprint density at radius 2 is 2.08 bits per heavy atom. The Morgan fingerprint density at radius 1 is 1.42 bits per heavy atom. The molecule has 0 aromatic carbocycles. The number of carbonyl (C=O) groups excluding carboxylic acids is 1. The highest BCUT2D eigenvalue weighted by Gasteiger charge is 2.35. The van der Waals surface area contributed by atoms with E-state index in [9.17, 15) is 18.0 Å². The van der Waals surface area contributed by atoms with Crippen LogP contribution in [0.3, 0.4) is 0 Å². The van der Waals surface area contributed by atoms with Gasteiger partial charge in [-0.3, -0.25) is 4.99 Å². The second kappa shape index (κ2) is 7.68. The lowest BCUT2D eigenvalue weighted by atomic mass is 10.1. The zero-order valence-corrected chi connectivity index (χ0v) is 15.8. The molecule has 0 bridgehead atoms. The number of carbonyl (C=O) groups is 1. The summed E-state index contributed by atoms with van der Waals surface area (Å²) in [5, 5.41) is 7.31. The maximum absolute atomic E-state index is 12.5. The summed E-state index contributed by atoms with van der Waals surface area (Å²) in [6.07, 6.45) is -4.81. The minimum absolute atomic E-state index is 0.00394. The van der Waals surface area contributed by atoms with Crippen LogP contribution in [0.2, 0.25) is 0 Å². The Morgan fingerprint density at radius 3 is 2.58 bits per heavy atom. The third-order valence-electron chi connectivity index (χ3n) is 3.35. The smallest absolute Gasteiger partial charge is 0.434 e. The molecule has 1 aliphatic heterocycles. The molecule has 2 rings (SSSR count). The Hall–Kier alpha value is -2.04. The maximum Gasteiger partial charge on any atom is 0.434 e. The number of guanidine groups is 1. The molecule has 0 unspecified atom stereocenters. The van der Waals surface area contributed by atoms with Crippen LogP contribution in [0.5, 0.6) is 0 Å². The molecule has 26 heavy (non-hydrogen) atoms. The fourth-order valence-electron chi connectivity index (χ4n) is 2.12. The van der Waals surface area contributed by atoms with E-state index in [1.54, 1.807) is 32.7 Å². The number of nitrogens with zero attached hydrogens (tertiary/aromatic N) is 3. The highest BCUT2D eigenvalue weighted by atomic mass is 32.1. The Bertz CT molecular complexity index is 663. The summed E-state index contributed by atoms with van der Waals surface area (Å²) in [7, 11) is 1.56. The van der Waals surface area contributed by atoms with Crippen LogP contribution in [0.4, 0.5) is 18.0 Å². The fraction of sp³-hybridized carbons (Fsp3) is 0.667. The summed E-state index contributed by atoms with van der Waals surface area (Å²) in [4.78, 5) is 21.0. The molecule has 0 saturated carbocycles. The highest BCUT2D eigenvalue weighted by Crippen LogP contribution is 2.29. The number of alkyl halides is 3. The molecule has 146 valence electrons. The predicted molar refractivity (Wildman–Crippen MR) is 92.0 cm³/mol. The van der Waals surface area contributed by atoms with Gasteiger partial charge in [0.25, 0.3) is 0 Å². The summed E-state index contributed by atoms with van der Waals surface area (Å²) < 4.78 is 42.9. The van der Waals surface area contributed by atoms with E-state index in [1.807, 2.05) is 0 Å². The zero-order chi connectivity index (χ0) is 19.5. The molecule has 0 atom stereocenters. The van der Waals surface area contributed by atoms with Crippen molar-refractivity contribution in [3.63, 3.8) is 0 Å². The van der Waals surface area contributed by atoms with Crippen LogP contribution in [0.25, 0.3) is 0 Å². The van der Waals surface area contributed by atoms with Gasteiger partial charge >= 0.3 is 12.3 Å². The van der Waals surface area contributed by atoms with Crippen LogP contribution in [0.15, 0.2) is 10.4 Å². The average molecular weight is 393 g/mol. The molecule has 1 amide bonds. The minimum Gasteiger partial charge on any atom is -0.444 e. The van der Waals surface area contributed by atoms with Gasteiger partial charge in [0.1, 0.15) is 10.6 Å². The molecule has 0 spiro atoms. The lowest BCUT2D eigenvalue weighted by molar-refractivity contribution is -0.140. The number of halogens is 3. The van der Waals surface area contributed by atoms with Crippen LogP contribution in [0, 0.1) is 0 Å². The molecule has 2 heterocycles. The molecule has 2 N–H and O–H groups in total. The molecule has 0 aliphatic carbocycles. The fourth-order valence-corrected chi connectivity index (χ4v) is 2.86. The van der Waals surface area contributed by atoms with Gasteiger partial charge in [0, 0.05) is 25.5 Å². The molecule has 1 saturated heterocycles. The number of aromatic nitrogens is 1. The molecule has 1 aromatic rings. The first-order chi connectivity index (χ1) is 12.0. The summed E-state index contributed by atoms with van der Waals surface area (Å²) in [5.41, 5.74) is -1.44. The Kier molecular flexibility index (Phi) is 5.99. The summed E-state index contributed by atoms with van der Waals surface area (Å²) in [5.74, 6) is 0.433. The number of thiazole rings is 1. The maximum atomic E-state index is 12.5. The van der Waals surface area contributed by atoms with E-state index < -0.39 is 17.5 Å². The summed E-state index contributed by atoms with van der Waals surface area (Å²) >= 11 is 0.931. The molecule has 0 radical (unpaired) electrons. The lowest BCUT2D eigenvalue weighted by Crippen LogP contribution is -2.63. The average Bonchev–Trinajstić information content (AvgIpc) is 2.92. The van der Waals surface area contributed by atoms with Crippen molar-refractivity contribution in [2.45, 2.75) is 45.1 Å². The number of hydrogen-bond acceptors (Lipinski definition) is 5. The van der Waals surface area contributed by atoms with Crippen molar-refractivity contribution < 1.29 is 22.7 Å². The van der Waals surface area contributed by atoms with E-state index >= 15 is 0 Å². The third-order valence-corrected chi connectivity index (χ3v) is 4.20. The monoisotopic (exact) mass is 393 g/mol. The number of hydrogen-bond donors (Lipinski definition) is 2. The minimum atomic E-state index is -4.44. The van der Waals surface area contributed by atoms with Gasteiger partial charge < -0.3 is 20.3 Å². The van der Waals surface area contributed by atoms with Gasteiger partial charge in [0.05, 0.1) is 12.6 Å². The van der Waals surface area contributed by atoms with Gasteiger partial charge in [0.15, 0.2) is 11.7 Å². The van der Waals surface area contributed by atoms with Crippen LogP contribution in [0.1, 0.15) is 31.5 Å². The van der Waals surface area contributed by atoms with Crippen LogP contribution in [-0.4, -0.2) is 53.7 Å². The quantitative estimate of drug-likeness (QED) is 0.609. The van der Waals surface area contributed by atoms with Crippen LogP contribution in [-0.2, 0) is 17.5 Å². The SMILES string of the molecule is CN=C(NCc1nc(C(F)(F)F)cs1)NC1CN(C(=O)OC(C)(C)C)C1. The van der Waals surface area contributed by atoms with Crippen molar-refractivity contribution in [1.82, 2.24) is 20.5 Å². The van der Waals surface area contributed by atoms with E-state index in [-0.39, 0.29) is 18.7 Å². The van der Waals surface area contributed by atoms with Crippen molar-refractivity contribution in [3.8, 4) is 0 Å². The van der Waals surface area contributed by atoms with E-state index in [0.29, 0.717) is 24.1 Å². The number of amides is 1. The zero-order valence-electron chi connectivity index (χ0n) is 15.0. The largest absolute Gasteiger partial charge is 0.444 e. The van der Waals surface area contributed by atoms with E-state index in [1.165, 1.54) is 0 Å². The molecule has 1 aromatic heterocycles. The Balaban J connectivity index is 1.76. The van der Waals surface area contributed by atoms with Gasteiger partial charge in [-0.15, -0.1) is 11.3 Å². The normalized spacial score (nSPS) is 16.3. The first kappa shape index (κ1) is 20.3. The summed E-state index contributed by atoms with van der Waals surface area (Å²) in [6.45, 7) is 6.46. The second-order valence-electron chi connectivity index (χ2n) is 6.78. The molecule has 7 nitrogen and oxygen atoms in total. The van der Waals surface area contributed by atoms with Crippen molar-refractivity contribution in [2.75, 3.05) is 20.1 Å². The number of ether oxygens (including phenoxy) is 1. The number of rotatable bonds is 3. The number of likely N-dealkylation sites (tertiary alicyclic amines) is 1. The number of aliphatic imine (C=N–C) groups is 1. The first-order valence-electron chi connectivity index (χ1n) is 7.94. The predicted octanol–water partition coefficient (Wildman–Crippen LogP) is 2.45. The standard InChI is InChI=1S/C15H22F3N5O2S/c1-14(2,3)25-13(24)23-6-9(7-23)21-12(19-4)20-5-11-22-10(8-26-11)15(16,17)18/h8-9H,5-7H2,1-4H3,(H2,19,20,21). The molecule has 1 fully saturated rings. The van der Waals surface area contributed by atoms with Crippen LogP contribution >= 0.6 is 11.3 Å². The van der Waals surface area contributed by atoms with Gasteiger partial charge in [-0.25, -0.2) is 9.78 Å². The number of nitrogens with one attached hydrogen (secondary N) is 2. The van der Waals surface area contributed by atoms with Crippen molar-refractivity contribution in [1.29, 1.82) is 0 Å². The molecular formula is C15H22F3N5O2S. The lowest BCUT2D eigenvalue weighted by Gasteiger charge is -2.40. The topological polar surface area (TPSA) is 78.9 Å². The van der Waals surface area contributed by atoms with Gasteiger partial charge in [-0.2, -0.15) is 13.2 Å². The van der Waals surface area contributed by atoms with Crippen molar-refractivity contribution in [2.24, 2.45) is 4.99 Å². The van der Waals surface area contributed by atoms with Crippen molar-refractivity contribution in [3.05, 3.63) is 16.1 Å². The van der Waals surface area contributed by atoms with E-state index in [4.69, 9.17) is 4.74 Å². The summed E-state index contributed by atoms with van der Waals surface area (Å²) in [6, 6.07) is -0.00394. The first-order valence-corrected chi connectivity index (χ1v) is 8.82. The highest BCUT2D eigenvalue weighted by molar-refractivity contribution is 7.09. The third kappa shape index (κ3) is 5.75. The van der Waals surface area contributed by atoms with Gasteiger partial charge in [-0.05, 0) is 20.8 Å². The molecular weight excluding hydrogens is 371 g/mol. The van der Waals surface area contributed by atoms with Gasteiger partial charge in [-0.1, -0.05) is 0 Å². The van der Waals surface area contributed by atoms with Crippen LogP contribution < -0.4 is 10.6 Å². The molecule has 11 heteroatoms. The molecule has 1 aliphatic rings. The Labute approximate surface area is 153 Å².